The van der Waals surface area contributed by atoms with Gasteiger partial charge in [0.15, 0.2) is 0 Å². The molecule has 0 amide bonds. The summed E-state index contributed by atoms with van der Waals surface area (Å²) in [6.45, 7) is 2.58. The highest BCUT2D eigenvalue weighted by molar-refractivity contribution is 5.23. The Morgan fingerprint density at radius 2 is 2.24 bits per heavy atom. The van der Waals surface area contributed by atoms with E-state index in [2.05, 4.69) is 5.32 Å². The van der Waals surface area contributed by atoms with Crippen molar-refractivity contribution in [1.29, 1.82) is 0 Å². The Morgan fingerprint density at radius 1 is 1.41 bits per heavy atom. The molecule has 2 nitrogen and oxygen atoms in total. The molecule has 1 saturated carbocycles. The quantitative estimate of drug-likeness (QED) is 0.869. The number of ether oxygens (including phenoxy) is 1. The smallest absolute Gasteiger partial charge is 0.126 e. The lowest BCUT2D eigenvalue weighted by Crippen LogP contribution is -2.36. The number of hydrogen-bond donors (Lipinski definition) is 1. The van der Waals surface area contributed by atoms with Gasteiger partial charge in [0, 0.05) is 19.7 Å². The predicted octanol–water partition coefficient (Wildman–Crippen LogP) is 2.79. The van der Waals surface area contributed by atoms with Gasteiger partial charge in [-0.3, -0.25) is 0 Å². The van der Waals surface area contributed by atoms with Gasteiger partial charge in [-0.05, 0) is 43.4 Å². The summed E-state index contributed by atoms with van der Waals surface area (Å²) in [5, 5.41) is 3.50. The van der Waals surface area contributed by atoms with Crippen LogP contribution in [0.3, 0.4) is 0 Å². The molecule has 0 heterocycles. The second-order valence-electron chi connectivity index (χ2n) is 4.78. The van der Waals surface area contributed by atoms with Crippen LogP contribution in [0.15, 0.2) is 18.2 Å². The Bertz CT molecular complexity index is 380. The van der Waals surface area contributed by atoms with Crippen LogP contribution in [0.4, 0.5) is 4.39 Å². The second kappa shape index (κ2) is 5.61. The second-order valence-corrected chi connectivity index (χ2v) is 4.78. The van der Waals surface area contributed by atoms with Gasteiger partial charge in [-0.15, -0.1) is 0 Å². The lowest BCUT2D eigenvalue weighted by molar-refractivity contribution is 0.0847. The molecule has 2 unspecified atom stereocenters. The third-order valence-electron chi connectivity index (χ3n) is 3.55. The van der Waals surface area contributed by atoms with Gasteiger partial charge in [0.25, 0.3) is 0 Å². The fourth-order valence-electron chi connectivity index (χ4n) is 2.51. The van der Waals surface area contributed by atoms with Gasteiger partial charge in [0.05, 0.1) is 6.10 Å². The van der Waals surface area contributed by atoms with Crippen molar-refractivity contribution in [3.63, 3.8) is 0 Å². The van der Waals surface area contributed by atoms with Gasteiger partial charge in [0.2, 0.25) is 0 Å². The van der Waals surface area contributed by atoms with E-state index < -0.39 is 0 Å². The van der Waals surface area contributed by atoms with E-state index in [0.717, 1.165) is 18.5 Å². The van der Waals surface area contributed by atoms with E-state index in [1.807, 2.05) is 12.1 Å². The summed E-state index contributed by atoms with van der Waals surface area (Å²) in [4.78, 5) is 0. The topological polar surface area (TPSA) is 21.3 Å². The SMILES string of the molecule is COC1CCCC1NCc1ccc(F)c(C)c1. The number of halogens is 1. The van der Waals surface area contributed by atoms with Gasteiger partial charge in [-0.2, -0.15) is 0 Å². The lowest BCUT2D eigenvalue weighted by Gasteiger charge is -2.19. The summed E-state index contributed by atoms with van der Waals surface area (Å²) in [5.74, 6) is -0.135. The molecule has 94 valence electrons. The Hall–Kier alpha value is -0.930. The van der Waals surface area contributed by atoms with Crippen LogP contribution in [-0.4, -0.2) is 19.3 Å². The maximum Gasteiger partial charge on any atom is 0.126 e. The van der Waals surface area contributed by atoms with Crippen LogP contribution in [-0.2, 0) is 11.3 Å². The van der Waals surface area contributed by atoms with E-state index in [1.165, 1.54) is 18.9 Å². The van der Waals surface area contributed by atoms with Gasteiger partial charge < -0.3 is 10.1 Å². The molecule has 0 aliphatic heterocycles. The molecule has 2 atom stereocenters. The Labute approximate surface area is 102 Å². The van der Waals surface area contributed by atoms with E-state index in [1.54, 1.807) is 14.0 Å². The number of nitrogens with one attached hydrogen (secondary N) is 1. The van der Waals surface area contributed by atoms with E-state index in [-0.39, 0.29) is 5.82 Å². The summed E-state index contributed by atoms with van der Waals surface area (Å²) in [5.41, 5.74) is 1.84. The molecular weight excluding hydrogens is 217 g/mol. The molecule has 0 aromatic heterocycles. The van der Waals surface area contributed by atoms with Crippen molar-refractivity contribution in [2.75, 3.05) is 7.11 Å². The molecule has 2 rings (SSSR count). The van der Waals surface area contributed by atoms with E-state index in [4.69, 9.17) is 4.74 Å². The van der Waals surface area contributed by atoms with Gasteiger partial charge in [0.1, 0.15) is 5.82 Å². The molecule has 0 saturated heterocycles. The van der Waals surface area contributed by atoms with Crippen molar-refractivity contribution in [3.05, 3.63) is 35.1 Å². The third-order valence-corrected chi connectivity index (χ3v) is 3.55. The summed E-state index contributed by atoms with van der Waals surface area (Å²) in [6.07, 6.45) is 3.85. The molecule has 1 aliphatic rings. The fourth-order valence-corrected chi connectivity index (χ4v) is 2.51. The Kier molecular flexibility index (Phi) is 4.13. The van der Waals surface area contributed by atoms with Gasteiger partial charge in [-0.1, -0.05) is 12.1 Å². The van der Waals surface area contributed by atoms with Crippen LogP contribution in [0, 0.1) is 12.7 Å². The average molecular weight is 237 g/mol. The summed E-state index contributed by atoms with van der Waals surface area (Å²) in [6, 6.07) is 5.71. The number of hydrogen-bond acceptors (Lipinski definition) is 2. The zero-order chi connectivity index (χ0) is 12.3. The maximum atomic E-state index is 13.1. The van der Waals surface area contributed by atoms with Crippen LogP contribution in [0.5, 0.6) is 0 Å². The molecule has 0 spiro atoms. The number of aryl methyl sites for hydroxylation is 1. The standard InChI is InChI=1S/C14H20FNO/c1-10-8-11(6-7-12(10)15)9-16-13-4-3-5-14(13)17-2/h6-8,13-14,16H,3-5,9H2,1-2H3. The van der Waals surface area contributed by atoms with Gasteiger partial charge in [-0.25, -0.2) is 4.39 Å². The normalized spacial score (nSPS) is 24.2. The van der Waals surface area contributed by atoms with Crippen molar-refractivity contribution in [2.24, 2.45) is 0 Å². The van der Waals surface area contributed by atoms with E-state index in [9.17, 15) is 4.39 Å². The molecule has 0 bridgehead atoms. The van der Waals surface area contributed by atoms with Crippen LogP contribution in [0.2, 0.25) is 0 Å². The molecule has 1 fully saturated rings. The van der Waals surface area contributed by atoms with Crippen LogP contribution in [0.1, 0.15) is 30.4 Å². The molecule has 1 N–H and O–H groups in total. The Morgan fingerprint density at radius 3 is 2.94 bits per heavy atom. The molecule has 1 aromatic carbocycles. The van der Waals surface area contributed by atoms with Crippen LogP contribution < -0.4 is 5.32 Å². The highest BCUT2D eigenvalue weighted by Crippen LogP contribution is 2.22. The molecule has 0 radical (unpaired) electrons. The number of methoxy groups -OCH3 is 1. The first kappa shape index (κ1) is 12.5. The maximum absolute atomic E-state index is 13.1. The van der Waals surface area contributed by atoms with Crippen LogP contribution in [0.25, 0.3) is 0 Å². The first-order valence-corrected chi connectivity index (χ1v) is 6.22. The molecular formula is C14H20FNO. The number of benzene rings is 1. The Balaban J connectivity index is 1.91. The van der Waals surface area contributed by atoms with Crippen molar-refractivity contribution in [1.82, 2.24) is 5.32 Å². The lowest BCUT2D eigenvalue weighted by atomic mass is 10.1. The van der Waals surface area contributed by atoms with Crippen molar-refractivity contribution in [3.8, 4) is 0 Å². The fraction of sp³-hybridized carbons (Fsp3) is 0.571. The average Bonchev–Trinajstić information content (AvgIpc) is 2.78. The van der Waals surface area contributed by atoms with Crippen LogP contribution >= 0.6 is 0 Å². The zero-order valence-electron chi connectivity index (χ0n) is 10.5. The molecule has 1 aromatic rings. The third kappa shape index (κ3) is 3.05. The molecule has 3 heteroatoms. The predicted molar refractivity (Wildman–Crippen MR) is 66.4 cm³/mol. The van der Waals surface area contributed by atoms with E-state index in [0.29, 0.717) is 17.7 Å². The first-order valence-electron chi connectivity index (χ1n) is 6.22. The van der Waals surface area contributed by atoms with Gasteiger partial charge >= 0.3 is 0 Å². The highest BCUT2D eigenvalue weighted by Gasteiger charge is 2.26. The largest absolute Gasteiger partial charge is 0.380 e. The monoisotopic (exact) mass is 237 g/mol. The van der Waals surface area contributed by atoms with Crippen molar-refractivity contribution < 1.29 is 9.13 Å². The minimum atomic E-state index is -0.135. The summed E-state index contributed by atoms with van der Waals surface area (Å²) in [7, 11) is 1.77. The summed E-state index contributed by atoms with van der Waals surface area (Å²) < 4.78 is 18.5. The van der Waals surface area contributed by atoms with Crippen molar-refractivity contribution >= 4 is 0 Å². The minimum absolute atomic E-state index is 0.135. The summed E-state index contributed by atoms with van der Waals surface area (Å²) >= 11 is 0. The number of rotatable bonds is 4. The molecule has 17 heavy (non-hydrogen) atoms. The first-order chi connectivity index (χ1) is 8.20. The zero-order valence-corrected chi connectivity index (χ0v) is 10.5. The molecule has 1 aliphatic carbocycles. The minimum Gasteiger partial charge on any atom is -0.380 e. The van der Waals surface area contributed by atoms with E-state index >= 15 is 0 Å². The van der Waals surface area contributed by atoms with Crippen molar-refractivity contribution in [2.45, 2.75) is 44.9 Å². The highest BCUT2D eigenvalue weighted by atomic mass is 19.1.